The van der Waals surface area contributed by atoms with Crippen LogP contribution in [0.4, 0.5) is 5.69 Å². The number of allylic oxidation sites excluding steroid dienone is 1. The highest BCUT2D eigenvalue weighted by Crippen LogP contribution is 2.16. The highest BCUT2D eigenvalue weighted by molar-refractivity contribution is 7.89. The van der Waals surface area contributed by atoms with E-state index in [2.05, 4.69) is 9.46 Å². The first-order valence-corrected chi connectivity index (χ1v) is 7.75. The summed E-state index contributed by atoms with van der Waals surface area (Å²) in [5.74, 6) is -0.863. The van der Waals surface area contributed by atoms with Crippen molar-refractivity contribution in [1.82, 2.24) is 4.72 Å². The van der Waals surface area contributed by atoms with Crippen LogP contribution in [-0.2, 0) is 24.3 Å². The van der Waals surface area contributed by atoms with Crippen LogP contribution in [-0.4, -0.2) is 38.7 Å². The number of ether oxygens (including phenoxy) is 1. The first kappa shape index (κ1) is 18.5. The number of carbonyl (C=O) groups excluding carboxylic acids is 2. The van der Waals surface area contributed by atoms with E-state index in [1.165, 1.54) is 12.2 Å². The van der Waals surface area contributed by atoms with Gasteiger partial charge in [-0.05, 0) is 12.1 Å². The summed E-state index contributed by atoms with van der Waals surface area (Å²) in [6, 6.07) is 2.84. The number of nitro groups is 1. The molecule has 1 aromatic carbocycles. The summed E-state index contributed by atoms with van der Waals surface area (Å²) in [6.07, 6.45) is 3.08. The molecule has 10 heteroatoms. The molecule has 0 unspecified atom stereocenters. The van der Waals surface area contributed by atoms with Gasteiger partial charge in [-0.25, -0.2) is 13.2 Å². The molecule has 0 aliphatic carbocycles. The van der Waals surface area contributed by atoms with Crippen molar-refractivity contribution >= 4 is 28.0 Å². The molecule has 0 saturated heterocycles. The maximum atomic E-state index is 12.2. The number of hydrogen-bond acceptors (Lipinski definition) is 7. The molecule has 0 fully saturated rings. The Labute approximate surface area is 132 Å². The van der Waals surface area contributed by atoms with Crippen molar-refractivity contribution in [3.05, 3.63) is 46.5 Å². The van der Waals surface area contributed by atoms with Crippen LogP contribution in [0.3, 0.4) is 0 Å². The predicted octanol–water partition coefficient (Wildman–Crippen LogP) is 0.560. The Bertz CT molecular complexity index is 710. The molecule has 0 radical (unpaired) electrons. The zero-order valence-corrected chi connectivity index (χ0v) is 12.9. The maximum Gasteiger partial charge on any atom is 0.327 e. The van der Waals surface area contributed by atoms with E-state index in [4.69, 9.17) is 0 Å². The van der Waals surface area contributed by atoms with Crippen molar-refractivity contribution in [3.63, 3.8) is 0 Å². The Balaban J connectivity index is 3.02. The molecule has 1 N–H and O–H groups in total. The molecule has 0 aromatic heterocycles. The number of rotatable bonds is 8. The summed E-state index contributed by atoms with van der Waals surface area (Å²) >= 11 is 0. The van der Waals surface area contributed by atoms with Crippen LogP contribution in [0.5, 0.6) is 0 Å². The first-order valence-electron chi connectivity index (χ1n) is 6.26. The van der Waals surface area contributed by atoms with Gasteiger partial charge in [0.05, 0.1) is 16.9 Å². The zero-order chi connectivity index (χ0) is 17.5. The zero-order valence-electron chi connectivity index (χ0n) is 12.0. The Morgan fingerprint density at radius 2 is 2.00 bits per heavy atom. The van der Waals surface area contributed by atoms with Crippen LogP contribution in [0.2, 0.25) is 0 Å². The lowest BCUT2D eigenvalue weighted by molar-refractivity contribution is -0.384. The molecule has 0 saturated carbocycles. The number of aldehydes is 1. The van der Waals surface area contributed by atoms with Gasteiger partial charge in [0.15, 0.2) is 0 Å². The third-order valence-corrected chi connectivity index (χ3v) is 4.11. The number of sulfonamides is 1. The van der Waals surface area contributed by atoms with Crippen LogP contribution < -0.4 is 4.72 Å². The van der Waals surface area contributed by atoms with E-state index in [-0.39, 0.29) is 17.0 Å². The number of non-ortho nitro benzene ring substituents is 1. The van der Waals surface area contributed by atoms with E-state index in [1.54, 1.807) is 0 Å². The summed E-state index contributed by atoms with van der Waals surface area (Å²) in [6.45, 7) is 0. The van der Waals surface area contributed by atoms with Crippen molar-refractivity contribution in [1.29, 1.82) is 0 Å². The number of hydrogen-bond donors (Lipinski definition) is 1. The average Bonchev–Trinajstić information content (AvgIpc) is 2.53. The van der Waals surface area contributed by atoms with Gasteiger partial charge in [-0.3, -0.25) is 10.1 Å². The summed E-state index contributed by atoms with van der Waals surface area (Å²) in [4.78, 5) is 31.5. The molecule has 1 atom stereocenters. The molecular formula is C13H14N2O7S. The standard InChI is InChI=1S/C13H14N2O7S/c1-22-13(17)12(4-2-3-9-16)14-23(20,21)11-7-5-10(6-8-11)15(18)19/h2,4-9,12,14H,3H2,1H3/t12-/m0/s1. The van der Waals surface area contributed by atoms with Crippen LogP contribution in [0.25, 0.3) is 0 Å². The first-order chi connectivity index (χ1) is 10.8. The fourth-order valence-corrected chi connectivity index (χ4v) is 2.68. The van der Waals surface area contributed by atoms with E-state index in [0.29, 0.717) is 6.29 Å². The Morgan fingerprint density at radius 1 is 1.39 bits per heavy atom. The van der Waals surface area contributed by atoms with E-state index in [1.807, 2.05) is 0 Å². The molecular weight excluding hydrogens is 328 g/mol. The fraction of sp³-hybridized carbons (Fsp3) is 0.231. The van der Waals surface area contributed by atoms with Gasteiger partial charge in [-0.15, -0.1) is 0 Å². The van der Waals surface area contributed by atoms with E-state index < -0.39 is 27.0 Å². The molecule has 0 amide bonds. The second-order valence-corrected chi connectivity index (χ2v) is 5.92. The number of benzene rings is 1. The van der Waals surface area contributed by atoms with Crippen LogP contribution in [0.1, 0.15) is 6.42 Å². The monoisotopic (exact) mass is 342 g/mol. The minimum atomic E-state index is -4.11. The Hall–Kier alpha value is -2.59. The quantitative estimate of drug-likeness (QED) is 0.240. The molecule has 9 nitrogen and oxygen atoms in total. The Kier molecular flexibility index (Phi) is 6.54. The molecule has 0 heterocycles. The average molecular weight is 342 g/mol. The number of nitrogens with zero attached hydrogens (tertiary/aromatic N) is 1. The smallest absolute Gasteiger partial charge is 0.327 e. The molecule has 124 valence electrons. The highest BCUT2D eigenvalue weighted by Gasteiger charge is 2.24. The highest BCUT2D eigenvalue weighted by atomic mass is 32.2. The van der Waals surface area contributed by atoms with Crippen LogP contribution in [0, 0.1) is 10.1 Å². The predicted molar refractivity (Wildman–Crippen MR) is 79.0 cm³/mol. The number of nitro benzene ring substituents is 1. The minimum absolute atomic E-state index is 0.00670. The minimum Gasteiger partial charge on any atom is -0.468 e. The fourth-order valence-electron chi connectivity index (χ4n) is 1.55. The largest absolute Gasteiger partial charge is 0.468 e. The molecule has 1 rings (SSSR count). The van der Waals surface area contributed by atoms with E-state index >= 15 is 0 Å². The van der Waals surface area contributed by atoms with Crippen molar-refractivity contribution in [2.75, 3.05) is 7.11 Å². The van der Waals surface area contributed by atoms with Gasteiger partial charge >= 0.3 is 5.97 Å². The summed E-state index contributed by atoms with van der Waals surface area (Å²) in [7, 11) is -3.02. The molecule has 1 aromatic rings. The lowest BCUT2D eigenvalue weighted by atomic mass is 10.2. The summed E-state index contributed by atoms with van der Waals surface area (Å²) < 4.78 is 30.9. The van der Waals surface area contributed by atoms with Crippen LogP contribution in [0.15, 0.2) is 41.3 Å². The van der Waals surface area contributed by atoms with Crippen molar-refractivity contribution in [3.8, 4) is 0 Å². The van der Waals surface area contributed by atoms with E-state index in [9.17, 15) is 28.1 Å². The summed E-state index contributed by atoms with van der Waals surface area (Å²) in [5, 5.41) is 10.6. The third kappa shape index (κ3) is 5.27. The van der Waals surface area contributed by atoms with Gasteiger partial charge in [0.1, 0.15) is 12.3 Å². The number of nitrogens with one attached hydrogen (secondary N) is 1. The van der Waals surface area contributed by atoms with Crippen LogP contribution >= 0.6 is 0 Å². The molecule has 0 bridgehead atoms. The van der Waals surface area contributed by atoms with Gasteiger partial charge < -0.3 is 9.53 Å². The van der Waals surface area contributed by atoms with Gasteiger partial charge in [0.2, 0.25) is 10.0 Å². The molecule has 0 aliphatic rings. The van der Waals surface area contributed by atoms with Gasteiger partial charge in [0.25, 0.3) is 5.69 Å². The Morgan fingerprint density at radius 3 is 2.48 bits per heavy atom. The lowest BCUT2D eigenvalue weighted by Crippen LogP contribution is -2.40. The second-order valence-electron chi connectivity index (χ2n) is 4.20. The third-order valence-electron chi connectivity index (χ3n) is 2.66. The van der Waals surface area contributed by atoms with Gasteiger partial charge in [-0.1, -0.05) is 12.2 Å². The van der Waals surface area contributed by atoms with Gasteiger partial charge in [0, 0.05) is 18.6 Å². The summed E-state index contributed by atoms with van der Waals surface area (Å²) in [5.41, 5.74) is -0.264. The lowest BCUT2D eigenvalue weighted by Gasteiger charge is -2.13. The van der Waals surface area contributed by atoms with Crippen molar-refractivity contribution in [2.24, 2.45) is 0 Å². The van der Waals surface area contributed by atoms with Crippen molar-refractivity contribution < 1.29 is 27.7 Å². The maximum absolute atomic E-state index is 12.2. The topological polar surface area (TPSA) is 133 Å². The van der Waals surface area contributed by atoms with Gasteiger partial charge in [-0.2, -0.15) is 4.72 Å². The second kappa shape index (κ2) is 8.15. The van der Waals surface area contributed by atoms with E-state index in [0.717, 1.165) is 31.4 Å². The van der Waals surface area contributed by atoms with Crippen molar-refractivity contribution in [2.45, 2.75) is 17.4 Å². The number of esters is 1. The molecule has 0 aliphatic heterocycles. The SMILES string of the molecule is COC(=O)[C@H](C=CCC=O)NS(=O)(=O)c1ccc([N+](=O)[O-])cc1. The number of methoxy groups -OCH3 is 1. The normalized spacial score (nSPS) is 12.7. The molecule has 23 heavy (non-hydrogen) atoms. The molecule has 0 spiro atoms. The number of carbonyl (C=O) groups is 2.